The summed E-state index contributed by atoms with van der Waals surface area (Å²) in [7, 11) is -4.30. The molecule has 11 nitrogen and oxygen atoms in total. The summed E-state index contributed by atoms with van der Waals surface area (Å²) < 4.78 is 93.4. The lowest BCUT2D eigenvalue weighted by Crippen LogP contribution is -2.58. The maximum Gasteiger partial charge on any atom is 0.573 e. The van der Waals surface area contributed by atoms with E-state index in [0.717, 1.165) is 34.1 Å². The summed E-state index contributed by atoms with van der Waals surface area (Å²) in [6, 6.07) is 9.74. The van der Waals surface area contributed by atoms with Gasteiger partial charge in [0.05, 0.1) is 4.90 Å². The zero-order valence-corrected chi connectivity index (χ0v) is 23.5. The van der Waals surface area contributed by atoms with Gasteiger partial charge in [-0.15, -0.1) is 13.2 Å². The van der Waals surface area contributed by atoms with E-state index in [1.54, 1.807) is 17.0 Å². The van der Waals surface area contributed by atoms with Crippen molar-refractivity contribution in [2.75, 3.05) is 30.3 Å². The minimum atomic E-state index is -4.92. The van der Waals surface area contributed by atoms with Crippen molar-refractivity contribution in [1.82, 2.24) is 14.3 Å². The van der Waals surface area contributed by atoms with Crippen LogP contribution in [0, 0.1) is 0 Å². The minimum absolute atomic E-state index is 0.0180. The first-order valence-electron chi connectivity index (χ1n) is 12.7. The van der Waals surface area contributed by atoms with Crippen molar-refractivity contribution in [3.05, 3.63) is 71.9 Å². The average molecular weight is 633 g/mol. The number of anilines is 2. The Hall–Kier alpha value is -4.09. The molecular weight excluding hydrogens is 603 g/mol. The number of ether oxygens (including phenoxy) is 1. The number of piperazine rings is 1. The molecule has 2 aromatic carbocycles. The van der Waals surface area contributed by atoms with Crippen molar-refractivity contribution < 1.29 is 45.0 Å². The normalized spacial score (nSPS) is 16.3. The molecule has 1 aliphatic heterocycles. The number of aliphatic carboxylic acids is 1. The second-order valence-electron chi connectivity index (χ2n) is 9.17. The first kappa shape index (κ1) is 33.4. The number of hydrogen-bond acceptors (Lipinski definition) is 9. The molecule has 4 rings (SSSR count). The molecule has 0 bridgehead atoms. The molecule has 1 aromatic heterocycles. The van der Waals surface area contributed by atoms with Gasteiger partial charge < -0.3 is 26.2 Å². The van der Waals surface area contributed by atoms with Crippen LogP contribution >= 0.6 is 0 Å². The highest BCUT2D eigenvalue weighted by atomic mass is 32.2. The van der Waals surface area contributed by atoms with Crippen LogP contribution in [0.2, 0.25) is 0 Å². The molecule has 1 saturated heterocycles. The van der Waals surface area contributed by atoms with Gasteiger partial charge in [-0.1, -0.05) is 31.2 Å². The number of alkyl halides is 5. The molecule has 0 unspecified atom stereocenters. The fourth-order valence-electron chi connectivity index (χ4n) is 4.04. The second-order valence-corrected chi connectivity index (χ2v) is 11.1. The van der Waals surface area contributed by atoms with Crippen LogP contribution in [0.15, 0.2) is 65.7 Å². The first-order chi connectivity index (χ1) is 20.1. The molecule has 0 spiro atoms. The lowest BCUT2D eigenvalue weighted by atomic mass is 10.0. The van der Waals surface area contributed by atoms with E-state index < -0.39 is 40.1 Å². The average Bonchev–Trinajstić information content (AvgIpc) is 2.96. The van der Waals surface area contributed by atoms with Crippen LogP contribution in [0.4, 0.5) is 33.7 Å². The molecule has 234 valence electrons. The van der Waals surface area contributed by atoms with Gasteiger partial charge in [0.15, 0.2) is 0 Å². The lowest BCUT2D eigenvalue weighted by molar-refractivity contribution is -0.274. The number of carboxylic acid groups (broad SMARTS) is 1. The Bertz CT molecular complexity index is 1490. The predicted octanol–water partition coefficient (Wildman–Crippen LogP) is 3.57. The molecule has 17 heteroatoms. The highest BCUT2D eigenvalue weighted by Crippen LogP contribution is 2.31. The van der Waals surface area contributed by atoms with Crippen LogP contribution in [-0.2, 0) is 27.3 Å². The van der Waals surface area contributed by atoms with Gasteiger partial charge in [0, 0.05) is 44.4 Å². The third kappa shape index (κ3) is 8.71. The summed E-state index contributed by atoms with van der Waals surface area (Å²) in [5, 5.41) is 9.57. The summed E-state index contributed by atoms with van der Waals surface area (Å²) in [5.74, 6) is -4.37. The zero-order chi connectivity index (χ0) is 32.0. The molecule has 2 heterocycles. The number of sulfonamides is 1. The lowest BCUT2D eigenvalue weighted by Gasteiger charge is -2.38. The number of nitrogens with zero attached hydrogens (tertiary/aromatic N) is 4. The van der Waals surface area contributed by atoms with E-state index in [9.17, 15) is 40.3 Å². The Morgan fingerprint density at radius 2 is 1.67 bits per heavy atom. The Morgan fingerprint density at radius 1 is 1.05 bits per heavy atom. The van der Waals surface area contributed by atoms with Crippen molar-refractivity contribution in [2.24, 2.45) is 5.73 Å². The SMILES string of the molecule is CCC(F)(F)c1ccc(CN)cc1.Nc1nccc(N2CCN(S(=O)(=O)c3ccc(OC(F)(F)F)cc3)[C@@H](C(=O)O)C2)n1. The van der Waals surface area contributed by atoms with Crippen molar-refractivity contribution in [3.8, 4) is 5.75 Å². The van der Waals surface area contributed by atoms with Gasteiger partial charge in [-0.25, -0.2) is 22.2 Å². The number of nitrogen functional groups attached to an aromatic ring is 1. The highest BCUT2D eigenvalue weighted by Gasteiger charge is 2.41. The fourth-order valence-corrected chi connectivity index (χ4v) is 5.61. The molecule has 1 fully saturated rings. The standard InChI is InChI=1S/C16H16F3N5O5S.C10H13F2N/c17-16(18,19)29-10-1-3-11(4-2-10)30(27,28)24-8-7-23(9-12(24)14(25)26)13-5-6-21-15(20)22-13;1-2-10(11,12)9-5-3-8(7-13)4-6-9/h1-6,12H,7-9H2,(H,25,26)(H2,20,21,22);3-6H,2,7,13H2,1H3/t12-;/m1./s1. The first-order valence-corrected chi connectivity index (χ1v) is 14.1. The number of benzene rings is 2. The summed E-state index contributed by atoms with van der Waals surface area (Å²) in [5.41, 5.74) is 11.8. The number of carboxylic acids is 1. The van der Waals surface area contributed by atoms with Gasteiger partial charge in [0.25, 0.3) is 5.92 Å². The van der Waals surface area contributed by atoms with Crippen molar-refractivity contribution >= 4 is 27.8 Å². The van der Waals surface area contributed by atoms with Gasteiger partial charge in [-0.05, 0) is 35.9 Å². The van der Waals surface area contributed by atoms with Crippen LogP contribution in [0.5, 0.6) is 5.75 Å². The van der Waals surface area contributed by atoms with Crippen molar-refractivity contribution in [3.63, 3.8) is 0 Å². The molecule has 43 heavy (non-hydrogen) atoms. The summed E-state index contributed by atoms with van der Waals surface area (Å²) >= 11 is 0. The molecular formula is C26H29F5N6O5S. The Kier molecular flexibility index (Phi) is 10.5. The number of nitrogens with two attached hydrogens (primary N) is 2. The van der Waals surface area contributed by atoms with Crippen molar-refractivity contribution in [1.29, 1.82) is 0 Å². The van der Waals surface area contributed by atoms with E-state index in [2.05, 4.69) is 14.7 Å². The Labute approximate surface area is 243 Å². The van der Waals surface area contributed by atoms with E-state index in [0.29, 0.717) is 12.4 Å². The smallest absolute Gasteiger partial charge is 0.480 e. The van der Waals surface area contributed by atoms with Crippen LogP contribution in [0.3, 0.4) is 0 Å². The molecule has 0 saturated carbocycles. The van der Waals surface area contributed by atoms with Gasteiger partial charge in [0.2, 0.25) is 16.0 Å². The number of hydrogen-bond donors (Lipinski definition) is 3. The monoisotopic (exact) mass is 632 g/mol. The maximum absolute atomic E-state index is 13.1. The van der Waals surface area contributed by atoms with Gasteiger partial charge >= 0.3 is 12.3 Å². The van der Waals surface area contributed by atoms with E-state index in [4.69, 9.17) is 11.5 Å². The van der Waals surface area contributed by atoms with Crippen molar-refractivity contribution in [2.45, 2.75) is 43.1 Å². The molecule has 3 aromatic rings. The third-order valence-electron chi connectivity index (χ3n) is 6.32. The summed E-state index contributed by atoms with van der Waals surface area (Å²) in [6.07, 6.45) is -3.70. The highest BCUT2D eigenvalue weighted by molar-refractivity contribution is 7.89. The summed E-state index contributed by atoms with van der Waals surface area (Å²) in [4.78, 5) is 20.7. The van der Waals surface area contributed by atoms with Crippen LogP contribution in [0.1, 0.15) is 24.5 Å². The van der Waals surface area contributed by atoms with Crippen LogP contribution in [-0.4, -0.2) is 65.8 Å². The maximum atomic E-state index is 13.1. The second kappa shape index (κ2) is 13.5. The quantitative estimate of drug-likeness (QED) is 0.313. The van der Waals surface area contributed by atoms with E-state index in [-0.39, 0.29) is 42.5 Å². The number of aromatic nitrogens is 2. The number of halogens is 5. The number of rotatable bonds is 8. The van der Waals surface area contributed by atoms with Gasteiger partial charge in [-0.3, -0.25) is 4.79 Å². The van der Waals surface area contributed by atoms with E-state index in [1.165, 1.54) is 31.3 Å². The fraction of sp³-hybridized carbons (Fsp3) is 0.346. The number of carbonyl (C=O) groups is 1. The van der Waals surface area contributed by atoms with Crippen LogP contribution < -0.4 is 21.1 Å². The summed E-state index contributed by atoms with van der Waals surface area (Å²) in [6.45, 7) is 1.58. The molecule has 0 amide bonds. The molecule has 1 atom stereocenters. The molecule has 0 radical (unpaired) electrons. The van der Waals surface area contributed by atoms with E-state index in [1.807, 2.05) is 0 Å². The topological polar surface area (TPSA) is 165 Å². The Balaban J connectivity index is 0.000000326. The van der Waals surface area contributed by atoms with Crippen LogP contribution in [0.25, 0.3) is 0 Å². The molecule has 1 aliphatic rings. The third-order valence-corrected chi connectivity index (χ3v) is 8.24. The largest absolute Gasteiger partial charge is 0.573 e. The van der Waals surface area contributed by atoms with Gasteiger partial charge in [-0.2, -0.15) is 9.29 Å². The predicted molar refractivity (Wildman–Crippen MR) is 146 cm³/mol. The Morgan fingerprint density at radius 3 is 2.19 bits per heavy atom. The molecule has 0 aliphatic carbocycles. The molecule has 5 N–H and O–H groups in total. The minimum Gasteiger partial charge on any atom is -0.480 e. The zero-order valence-electron chi connectivity index (χ0n) is 22.7. The van der Waals surface area contributed by atoms with E-state index >= 15 is 0 Å². The van der Waals surface area contributed by atoms with Gasteiger partial charge in [0.1, 0.15) is 17.6 Å².